The fourth-order valence-electron chi connectivity index (χ4n) is 5.38. The number of rotatable bonds is 7. The Bertz CT molecular complexity index is 1200. The Kier molecular flexibility index (Phi) is 7.83. The van der Waals surface area contributed by atoms with Crippen LogP contribution in [0, 0.1) is 20.8 Å². The van der Waals surface area contributed by atoms with Crippen LogP contribution in [0.25, 0.3) is 0 Å². The van der Waals surface area contributed by atoms with E-state index in [2.05, 4.69) is 23.2 Å². The SMILES string of the molecule is CC(=O)c1c(C)cc(C)c(CNc2cc(S(=O)(=O)N3CCCCC3)ccc2N2CCOCC2)c1C. The lowest BCUT2D eigenvalue weighted by atomic mass is 9.91. The van der Waals surface area contributed by atoms with E-state index < -0.39 is 10.0 Å². The van der Waals surface area contributed by atoms with E-state index in [0.29, 0.717) is 37.7 Å². The number of piperidine rings is 1. The van der Waals surface area contributed by atoms with Gasteiger partial charge in [0.05, 0.1) is 29.5 Å². The number of carbonyl (C=O) groups is 1. The third kappa shape index (κ3) is 5.39. The van der Waals surface area contributed by atoms with Gasteiger partial charge in [0.2, 0.25) is 10.0 Å². The van der Waals surface area contributed by atoms with Gasteiger partial charge in [-0.15, -0.1) is 0 Å². The summed E-state index contributed by atoms with van der Waals surface area (Å²) in [5.74, 6) is 0.0601. The van der Waals surface area contributed by atoms with Crippen LogP contribution < -0.4 is 10.2 Å². The number of hydrogen-bond acceptors (Lipinski definition) is 6. The Labute approximate surface area is 209 Å². The molecule has 2 aliphatic heterocycles. The van der Waals surface area contributed by atoms with Crippen molar-refractivity contribution in [3.05, 3.63) is 52.1 Å². The summed E-state index contributed by atoms with van der Waals surface area (Å²) < 4.78 is 33.9. The molecule has 2 aliphatic rings. The van der Waals surface area contributed by atoms with E-state index in [0.717, 1.165) is 71.5 Å². The summed E-state index contributed by atoms with van der Waals surface area (Å²) in [7, 11) is -3.55. The molecule has 2 aromatic carbocycles. The largest absolute Gasteiger partial charge is 0.379 e. The summed E-state index contributed by atoms with van der Waals surface area (Å²) in [4.78, 5) is 14.8. The molecule has 0 amide bonds. The lowest BCUT2D eigenvalue weighted by Crippen LogP contribution is -2.37. The normalized spacial score (nSPS) is 17.4. The van der Waals surface area contributed by atoms with E-state index in [-0.39, 0.29) is 5.78 Å². The van der Waals surface area contributed by atoms with Crippen molar-refractivity contribution in [2.75, 3.05) is 49.6 Å². The van der Waals surface area contributed by atoms with E-state index in [9.17, 15) is 13.2 Å². The summed E-state index contributed by atoms with van der Waals surface area (Å²) in [5, 5.41) is 3.53. The number of ether oxygens (including phenoxy) is 1. The van der Waals surface area contributed by atoms with Crippen LogP contribution in [0.2, 0.25) is 0 Å². The Morgan fingerprint density at radius 2 is 1.66 bits per heavy atom. The van der Waals surface area contributed by atoms with Gasteiger partial charge >= 0.3 is 0 Å². The molecule has 0 atom stereocenters. The van der Waals surface area contributed by atoms with Crippen LogP contribution in [-0.2, 0) is 21.3 Å². The summed E-state index contributed by atoms with van der Waals surface area (Å²) in [6.07, 6.45) is 2.88. The molecule has 0 radical (unpaired) electrons. The molecule has 0 unspecified atom stereocenters. The van der Waals surface area contributed by atoms with Crippen LogP contribution in [0.4, 0.5) is 11.4 Å². The minimum absolute atomic E-state index is 0.0601. The Morgan fingerprint density at radius 1 is 0.971 bits per heavy atom. The second-order valence-electron chi connectivity index (χ2n) is 9.64. The molecule has 2 heterocycles. The molecule has 0 aromatic heterocycles. The second kappa shape index (κ2) is 10.7. The van der Waals surface area contributed by atoms with Gasteiger partial charge in [-0.05, 0) is 81.0 Å². The minimum atomic E-state index is -3.55. The predicted molar refractivity (Wildman–Crippen MR) is 140 cm³/mol. The first-order valence-electron chi connectivity index (χ1n) is 12.5. The van der Waals surface area contributed by atoms with Crippen molar-refractivity contribution in [1.29, 1.82) is 0 Å². The quantitative estimate of drug-likeness (QED) is 0.568. The standard InChI is InChI=1S/C27H37N3O4S/c1-19-16-20(2)27(22(4)31)21(3)24(19)18-28-25-17-23(35(32,33)30-10-6-5-7-11-30)8-9-26(25)29-12-14-34-15-13-29/h8-9,16-17,28H,5-7,10-15,18H2,1-4H3. The van der Waals surface area contributed by atoms with E-state index >= 15 is 0 Å². The first-order chi connectivity index (χ1) is 16.7. The van der Waals surface area contributed by atoms with Gasteiger partial charge < -0.3 is 15.0 Å². The smallest absolute Gasteiger partial charge is 0.243 e. The zero-order valence-corrected chi connectivity index (χ0v) is 22.1. The molecule has 2 saturated heterocycles. The number of aryl methyl sites for hydroxylation is 2. The fraction of sp³-hybridized carbons (Fsp3) is 0.519. The van der Waals surface area contributed by atoms with Crippen molar-refractivity contribution in [3.63, 3.8) is 0 Å². The van der Waals surface area contributed by atoms with Crippen LogP contribution in [0.3, 0.4) is 0 Å². The van der Waals surface area contributed by atoms with Crippen molar-refractivity contribution in [3.8, 4) is 0 Å². The third-order valence-electron chi connectivity index (χ3n) is 7.21. The van der Waals surface area contributed by atoms with Gasteiger partial charge in [-0.25, -0.2) is 8.42 Å². The summed E-state index contributed by atoms with van der Waals surface area (Å²) in [5.41, 5.74) is 6.67. The van der Waals surface area contributed by atoms with Gasteiger partial charge in [-0.2, -0.15) is 4.31 Å². The van der Waals surface area contributed by atoms with Crippen molar-refractivity contribution in [2.45, 2.75) is 58.4 Å². The molecule has 2 fully saturated rings. The molecule has 8 heteroatoms. The number of morpholine rings is 1. The monoisotopic (exact) mass is 499 g/mol. The highest BCUT2D eigenvalue weighted by atomic mass is 32.2. The molecule has 0 saturated carbocycles. The van der Waals surface area contributed by atoms with E-state index in [4.69, 9.17) is 4.74 Å². The average Bonchev–Trinajstić information content (AvgIpc) is 2.84. The number of sulfonamides is 1. The van der Waals surface area contributed by atoms with Gasteiger partial charge in [-0.1, -0.05) is 12.5 Å². The third-order valence-corrected chi connectivity index (χ3v) is 9.11. The lowest BCUT2D eigenvalue weighted by Gasteiger charge is -2.32. The maximum absolute atomic E-state index is 13.4. The Balaban J connectivity index is 1.70. The molecule has 4 rings (SSSR count). The number of hydrogen-bond donors (Lipinski definition) is 1. The Hall–Kier alpha value is -2.42. The maximum Gasteiger partial charge on any atom is 0.243 e. The summed E-state index contributed by atoms with van der Waals surface area (Å²) in [6.45, 7) is 12.1. The Morgan fingerprint density at radius 3 is 2.31 bits per heavy atom. The predicted octanol–water partition coefficient (Wildman–Crippen LogP) is 4.44. The molecule has 0 bridgehead atoms. The topological polar surface area (TPSA) is 79.0 Å². The summed E-state index contributed by atoms with van der Waals surface area (Å²) >= 11 is 0. The molecule has 2 aromatic rings. The van der Waals surface area contributed by atoms with Gasteiger partial charge in [0.15, 0.2) is 5.78 Å². The lowest BCUT2D eigenvalue weighted by molar-refractivity contribution is 0.101. The first kappa shape index (κ1) is 25.7. The molecular weight excluding hydrogens is 462 g/mol. The highest BCUT2D eigenvalue weighted by Crippen LogP contribution is 2.33. The van der Waals surface area contributed by atoms with Crippen molar-refractivity contribution >= 4 is 27.2 Å². The average molecular weight is 500 g/mol. The molecule has 1 N–H and O–H groups in total. The fourth-order valence-corrected chi connectivity index (χ4v) is 6.92. The number of carbonyl (C=O) groups excluding carboxylic acids is 1. The van der Waals surface area contributed by atoms with Crippen LogP contribution >= 0.6 is 0 Å². The molecule has 0 spiro atoms. The molecular formula is C27H37N3O4S. The summed E-state index contributed by atoms with van der Waals surface area (Å²) in [6, 6.07) is 7.48. The highest BCUT2D eigenvalue weighted by Gasteiger charge is 2.27. The maximum atomic E-state index is 13.4. The molecule has 0 aliphatic carbocycles. The number of Topliss-reactive ketones (excluding diaryl/α,β-unsaturated/α-hetero) is 1. The number of nitrogens with zero attached hydrogens (tertiary/aromatic N) is 2. The van der Waals surface area contributed by atoms with Gasteiger partial charge in [0.25, 0.3) is 0 Å². The second-order valence-corrected chi connectivity index (χ2v) is 11.6. The van der Waals surface area contributed by atoms with Crippen LogP contribution in [0.1, 0.15) is 58.8 Å². The van der Waals surface area contributed by atoms with Gasteiger partial charge in [-0.3, -0.25) is 4.79 Å². The zero-order valence-electron chi connectivity index (χ0n) is 21.3. The zero-order chi connectivity index (χ0) is 25.2. The number of anilines is 2. The number of ketones is 1. The van der Waals surface area contributed by atoms with Crippen LogP contribution in [-0.4, -0.2) is 57.9 Å². The van der Waals surface area contributed by atoms with E-state index in [1.807, 2.05) is 19.9 Å². The van der Waals surface area contributed by atoms with Gasteiger partial charge in [0, 0.05) is 38.3 Å². The first-order valence-corrected chi connectivity index (χ1v) is 14.0. The minimum Gasteiger partial charge on any atom is -0.379 e. The van der Waals surface area contributed by atoms with Crippen LogP contribution in [0.15, 0.2) is 29.2 Å². The van der Waals surface area contributed by atoms with Gasteiger partial charge in [0.1, 0.15) is 0 Å². The number of benzene rings is 2. The van der Waals surface area contributed by atoms with E-state index in [1.54, 1.807) is 23.4 Å². The van der Waals surface area contributed by atoms with Crippen molar-refractivity contribution < 1.29 is 17.9 Å². The molecule has 190 valence electrons. The number of nitrogens with one attached hydrogen (secondary N) is 1. The molecule has 35 heavy (non-hydrogen) atoms. The van der Waals surface area contributed by atoms with Crippen molar-refractivity contribution in [2.24, 2.45) is 0 Å². The van der Waals surface area contributed by atoms with Crippen molar-refractivity contribution in [1.82, 2.24) is 4.31 Å². The van der Waals surface area contributed by atoms with Crippen LogP contribution in [0.5, 0.6) is 0 Å². The van der Waals surface area contributed by atoms with E-state index in [1.165, 1.54) is 0 Å². The highest BCUT2D eigenvalue weighted by molar-refractivity contribution is 7.89. The molecule has 7 nitrogen and oxygen atoms in total.